The average molecular weight is 381 g/mol. The second-order valence-corrected chi connectivity index (χ2v) is 7.29. The molecular weight excluding hydrogens is 364 g/mol. The van der Waals surface area contributed by atoms with E-state index in [4.69, 9.17) is 0 Å². The normalized spacial score (nSPS) is 15.2. The van der Waals surface area contributed by atoms with Gasteiger partial charge in [-0.2, -0.15) is 0 Å². The highest BCUT2D eigenvalue weighted by Gasteiger charge is 2.46. The number of carbonyl (C=O) groups is 1. The topological polar surface area (TPSA) is 42.0 Å². The number of aromatic nitrogens is 1. The summed E-state index contributed by atoms with van der Waals surface area (Å²) in [6.45, 7) is 1.96. The molecule has 0 spiro atoms. The molecule has 24 heavy (non-hydrogen) atoms. The van der Waals surface area contributed by atoms with E-state index in [-0.39, 0.29) is 11.4 Å². The zero-order valence-corrected chi connectivity index (χ0v) is 14.9. The van der Waals surface area contributed by atoms with Crippen molar-refractivity contribution in [2.75, 3.05) is 0 Å². The van der Waals surface area contributed by atoms with Crippen molar-refractivity contribution in [3.8, 4) is 0 Å². The molecule has 0 aliphatic heterocycles. The van der Waals surface area contributed by atoms with Crippen molar-refractivity contribution < 1.29 is 4.79 Å². The van der Waals surface area contributed by atoms with E-state index in [0.717, 1.165) is 39.3 Å². The molecule has 0 atom stereocenters. The highest BCUT2D eigenvalue weighted by molar-refractivity contribution is 9.10. The van der Waals surface area contributed by atoms with Crippen molar-refractivity contribution in [1.82, 2.24) is 10.3 Å². The number of rotatable bonds is 3. The lowest BCUT2D eigenvalue weighted by molar-refractivity contribution is 0.0930. The first kappa shape index (κ1) is 15.3. The van der Waals surface area contributed by atoms with Gasteiger partial charge in [-0.3, -0.25) is 9.78 Å². The Balaban J connectivity index is 1.71. The van der Waals surface area contributed by atoms with Crippen molar-refractivity contribution in [3.63, 3.8) is 0 Å². The Morgan fingerprint density at radius 1 is 1.17 bits per heavy atom. The quantitative estimate of drug-likeness (QED) is 0.713. The van der Waals surface area contributed by atoms with Crippen LogP contribution in [0.2, 0.25) is 0 Å². The molecule has 0 saturated heterocycles. The molecule has 4 rings (SSSR count). The summed E-state index contributed by atoms with van der Waals surface area (Å²) in [6, 6.07) is 15.9. The van der Waals surface area contributed by atoms with E-state index >= 15 is 0 Å². The standard InChI is InChI=1S/C20H17BrN2O/c1-13-6-7-14(21)12-16(13)19(24)23-20(9-10-20)17-8-11-22-18-5-3-2-4-15(17)18/h2-8,11-12H,9-10H2,1H3,(H,23,24). The Labute approximate surface area is 149 Å². The summed E-state index contributed by atoms with van der Waals surface area (Å²) in [5.41, 5.74) is 3.55. The number of benzene rings is 2. The monoisotopic (exact) mass is 380 g/mol. The number of pyridine rings is 1. The zero-order chi connectivity index (χ0) is 16.7. The van der Waals surface area contributed by atoms with E-state index in [0.29, 0.717) is 5.56 Å². The molecule has 3 nitrogen and oxygen atoms in total. The lowest BCUT2D eigenvalue weighted by Crippen LogP contribution is -2.35. The predicted octanol–water partition coefficient (Wildman–Crippen LogP) is 4.72. The summed E-state index contributed by atoms with van der Waals surface area (Å²) in [4.78, 5) is 17.3. The van der Waals surface area contributed by atoms with E-state index in [2.05, 4.69) is 32.3 Å². The minimum atomic E-state index is -0.269. The van der Waals surface area contributed by atoms with Crippen LogP contribution in [0.4, 0.5) is 0 Å². The molecule has 1 aromatic heterocycles. The lowest BCUT2D eigenvalue weighted by Gasteiger charge is -2.20. The molecule has 0 bridgehead atoms. The molecule has 1 aliphatic rings. The Hall–Kier alpha value is -2.20. The molecule has 0 unspecified atom stereocenters. The van der Waals surface area contributed by atoms with Crippen molar-refractivity contribution >= 4 is 32.7 Å². The van der Waals surface area contributed by atoms with Crippen molar-refractivity contribution in [2.45, 2.75) is 25.3 Å². The van der Waals surface area contributed by atoms with Crippen LogP contribution in [0, 0.1) is 6.92 Å². The Morgan fingerprint density at radius 2 is 1.96 bits per heavy atom. The first-order valence-electron chi connectivity index (χ1n) is 8.02. The number of aryl methyl sites for hydroxylation is 1. The number of nitrogens with zero attached hydrogens (tertiary/aromatic N) is 1. The third kappa shape index (κ3) is 2.61. The van der Waals surface area contributed by atoms with Crippen LogP contribution < -0.4 is 5.32 Å². The third-order valence-corrected chi connectivity index (χ3v) is 5.20. The number of amides is 1. The van der Waals surface area contributed by atoms with Gasteiger partial charge in [-0.15, -0.1) is 0 Å². The maximum Gasteiger partial charge on any atom is 0.252 e. The van der Waals surface area contributed by atoms with Crippen LogP contribution in [0.3, 0.4) is 0 Å². The molecule has 1 heterocycles. The number of hydrogen-bond donors (Lipinski definition) is 1. The van der Waals surface area contributed by atoms with Gasteiger partial charge in [0.1, 0.15) is 0 Å². The second-order valence-electron chi connectivity index (χ2n) is 6.37. The van der Waals surface area contributed by atoms with E-state index in [9.17, 15) is 4.79 Å². The Morgan fingerprint density at radius 3 is 2.75 bits per heavy atom. The van der Waals surface area contributed by atoms with Gasteiger partial charge < -0.3 is 5.32 Å². The molecule has 120 valence electrons. The highest BCUT2D eigenvalue weighted by atomic mass is 79.9. The average Bonchev–Trinajstić information content (AvgIpc) is 3.37. The zero-order valence-electron chi connectivity index (χ0n) is 13.3. The van der Waals surface area contributed by atoms with Gasteiger partial charge in [0.2, 0.25) is 0 Å². The molecule has 4 heteroatoms. The maximum atomic E-state index is 12.8. The lowest BCUT2D eigenvalue weighted by atomic mass is 9.99. The first-order valence-corrected chi connectivity index (χ1v) is 8.81. The Bertz CT molecular complexity index is 942. The van der Waals surface area contributed by atoms with Crippen LogP contribution in [0.25, 0.3) is 10.9 Å². The van der Waals surface area contributed by atoms with Crippen molar-refractivity contribution in [3.05, 3.63) is 75.9 Å². The maximum absolute atomic E-state index is 12.8. The summed E-state index contributed by atoms with van der Waals surface area (Å²) >= 11 is 3.45. The van der Waals surface area contributed by atoms with Crippen molar-refractivity contribution in [1.29, 1.82) is 0 Å². The number of halogens is 1. The molecule has 3 aromatic rings. The fourth-order valence-corrected chi connectivity index (χ4v) is 3.58. The van der Waals surface area contributed by atoms with Crippen LogP contribution in [-0.4, -0.2) is 10.9 Å². The largest absolute Gasteiger partial charge is 0.342 e. The molecule has 1 N–H and O–H groups in total. The molecule has 1 aliphatic carbocycles. The van der Waals surface area contributed by atoms with Gasteiger partial charge in [0.05, 0.1) is 11.1 Å². The highest BCUT2D eigenvalue weighted by Crippen LogP contribution is 2.47. The summed E-state index contributed by atoms with van der Waals surface area (Å²) in [6.07, 6.45) is 3.74. The molecule has 1 fully saturated rings. The van der Waals surface area contributed by atoms with Gasteiger partial charge in [-0.05, 0) is 55.2 Å². The minimum absolute atomic E-state index is 0.0211. The minimum Gasteiger partial charge on any atom is -0.342 e. The van der Waals surface area contributed by atoms with Crippen LogP contribution in [-0.2, 0) is 5.54 Å². The molecule has 1 amide bonds. The summed E-state index contributed by atoms with van der Waals surface area (Å²) in [5.74, 6) is -0.0211. The molecule has 2 aromatic carbocycles. The number of hydrogen-bond acceptors (Lipinski definition) is 2. The van der Waals surface area contributed by atoms with Gasteiger partial charge in [-0.1, -0.05) is 40.2 Å². The van der Waals surface area contributed by atoms with Gasteiger partial charge in [-0.25, -0.2) is 0 Å². The fraction of sp³-hybridized carbons (Fsp3) is 0.200. The summed E-state index contributed by atoms with van der Waals surface area (Å²) in [7, 11) is 0. The predicted molar refractivity (Wildman–Crippen MR) is 99.0 cm³/mol. The van der Waals surface area contributed by atoms with E-state index in [1.165, 1.54) is 0 Å². The van der Waals surface area contributed by atoms with Gasteiger partial charge >= 0.3 is 0 Å². The van der Waals surface area contributed by atoms with Crippen LogP contribution in [0.15, 0.2) is 59.2 Å². The number of para-hydroxylation sites is 1. The molecule has 0 radical (unpaired) electrons. The van der Waals surface area contributed by atoms with Gasteiger partial charge in [0, 0.05) is 21.6 Å². The fourth-order valence-electron chi connectivity index (χ4n) is 3.22. The van der Waals surface area contributed by atoms with Crippen LogP contribution >= 0.6 is 15.9 Å². The molecule has 1 saturated carbocycles. The molecular formula is C20H17BrN2O. The second kappa shape index (κ2) is 5.71. The number of carbonyl (C=O) groups excluding carboxylic acids is 1. The third-order valence-electron chi connectivity index (χ3n) is 4.71. The number of fused-ring (bicyclic) bond motifs is 1. The first-order chi connectivity index (χ1) is 11.6. The van der Waals surface area contributed by atoms with Gasteiger partial charge in [0.15, 0.2) is 0 Å². The SMILES string of the molecule is Cc1ccc(Br)cc1C(=O)NC1(c2ccnc3ccccc23)CC1. The van der Waals surface area contributed by atoms with Crippen molar-refractivity contribution in [2.24, 2.45) is 0 Å². The van der Waals surface area contributed by atoms with E-state index in [1.807, 2.05) is 55.6 Å². The smallest absolute Gasteiger partial charge is 0.252 e. The van der Waals surface area contributed by atoms with Crippen LogP contribution in [0.1, 0.15) is 34.3 Å². The van der Waals surface area contributed by atoms with E-state index < -0.39 is 0 Å². The van der Waals surface area contributed by atoms with Gasteiger partial charge in [0.25, 0.3) is 5.91 Å². The Kier molecular flexibility index (Phi) is 3.65. The van der Waals surface area contributed by atoms with Crippen LogP contribution in [0.5, 0.6) is 0 Å². The summed E-state index contributed by atoms with van der Waals surface area (Å²) in [5, 5.41) is 4.39. The summed E-state index contributed by atoms with van der Waals surface area (Å²) < 4.78 is 0.914. The van der Waals surface area contributed by atoms with E-state index in [1.54, 1.807) is 0 Å². The number of nitrogens with one attached hydrogen (secondary N) is 1.